The Bertz CT molecular complexity index is 321. The summed E-state index contributed by atoms with van der Waals surface area (Å²) >= 11 is 12.5. The Morgan fingerprint density at radius 3 is 2.53 bits per heavy atom. The van der Waals surface area contributed by atoms with Gasteiger partial charge in [0.25, 0.3) is 0 Å². The Morgan fingerprint density at radius 2 is 1.87 bits per heavy atom. The molecule has 2 rings (SSSR count). The van der Waals surface area contributed by atoms with Gasteiger partial charge in [-0.1, -0.05) is 29.8 Å². The van der Waals surface area contributed by atoms with Gasteiger partial charge in [-0.2, -0.15) is 0 Å². The van der Waals surface area contributed by atoms with Crippen LogP contribution in [0.1, 0.15) is 23.8 Å². The van der Waals surface area contributed by atoms with Crippen LogP contribution in [0.5, 0.6) is 0 Å². The molecule has 0 radical (unpaired) electrons. The highest BCUT2D eigenvalue weighted by molar-refractivity contribution is 6.32. The quantitative estimate of drug-likeness (QED) is 0.732. The van der Waals surface area contributed by atoms with E-state index < -0.39 is 0 Å². The molecule has 1 aromatic rings. The minimum Gasteiger partial charge on any atom is -0.302 e. The summed E-state index contributed by atoms with van der Waals surface area (Å²) in [6.07, 6.45) is 2.60. The van der Waals surface area contributed by atoms with Crippen molar-refractivity contribution < 1.29 is 0 Å². The summed E-state index contributed by atoms with van der Waals surface area (Å²) in [5.74, 6) is 0. The maximum Gasteiger partial charge on any atom is 0.0726 e. The average molecular weight is 244 g/mol. The molecule has 1 heterocycles. The monoisotopic (exact) mass is 243 g/mol. The number of hydrogen-bond donors (Lipinski definition) is 0. The molecule has 0 saturated carbocycles. The van der Waals surface area contributed by atoms with E-state index in [0.29, 0.717) is 0 Å². The summed E-state index contributed by atoms with van der Waals surface area (Å²) in [6, 6.07) is 7.83. The summed E-state index contributed by atoms with van der Waals surface area (Å²) in [7, 11) is 0. The van der Waals surface area contributed by atoms with Crippen LogP contribution in [0.2, 0.25) is 5.02 Å². The zero-order valence-corrected chi connectivity index (χ0v) is 10.1. The molecule has 1 aromatic carbocycles. The first kappa shape index (κ1) is 11.3. The lowest BCUT2D eigenvalue weighted by Gasteiger charge is -2.19. The fourth-order valence-corrected chi connectivity index (χ4v) is 2.73. The second-order valence-electron chi connectivity index (χ2n) is 4.00. The summed E-state index contributed by atoms with van der Waals surface area (Å²) in [4.78, 5) is 2.40. The number of alkyl halides is 1. The normalized spacial score (nSPS) is 19.3. The first-order chi connectivity index (χ1) is 7.27. The highest BCUT2D eigenvalue weighted by Gasteiger charge is 2.18. The van der Waals surface area contributed by atoms with Crippen LogP contribution in [0.4, 0.5) is 0 Å². The van der Waals surface area contributed by atoms with Crippen molar-refractivity contribution in [3.8, 4) is 0 Å². The number of rotatable bonds is 3. The van der Waals surface area contributed by atoms with E-state index >= 15 is 0 Å². The number of hydrogen-bond acceptors (Lipinski definition) is 1. The van der Waals surface area contributed by atoms with Gasteiger partial charge in [-0.05, 0) is 37.6 Å². The average Bonchev–Trinajstić information content (AvgIpc) is 2.71. The second kappa shape index (κ2) is 5.20. The first-order valence-corrected chi connectivity index (χ1v) is 6.19. The van der Waals surface area contributed by atoms with E-state index in [2.05, 4.69) is 4.90 Å². The lowest BCUT2D eigenvalue weighted by molar-refractivity contribution is 0.339. The Kier molecular flexibility index (Phi) is 3.90. The zero-order chi connectivity index (χ0) is 10.7. The Morgan fingerprint density at radius 1 is 1.20 bits per heavy atom. The summed E-state index contributed by atoms with van der Waals surface area (Å²) in [5.41, 5.74) is 1.05. The first-order valence-electron chi connectivity index (χ1n) is 5.38. The van der Waals surface area contributed by atoms with Crippen molar-refractivity contribution in [2.24, 2.45) is 0 Å². The summed E-state index contributed by atoms with van der Waals surface area (Å²) in [6.45, 7) is 3.26. The van der Waals surface area contributed by atoms with Crippen LogP contribution < -0.4 is 0 Å². The van der Waals surface area contributed by atoms with E-state index in [1.54, 1.807) is 0 Å². The molecular formula is C12H15Cl2N. The topological polar surface area (TPSA) is 3.24 Å². The molecule has 82 valence electrons. The van der Waals surface area contributed by atoms with Crippen LogP contribution in [-0.4, -0.2) is 24.5 Å². The largest absolute Gasteiger partial charge is 0.302 e. The lowest BCUT2D eigenvalue weighted by atomic mass is 10.1. The van der Waals surface area contributed by atoms with Crippen molar-refractivity contribution >= 4 is 23.2 Å². The van der Waals surface area contributed by atoms with Gasteiger partial charge in [0.05, 0.1) is 5.38 Å². The summed E-state index contributed by atoms with van der Waals surface area (Å²) < 4.78 is 0. The summed E-state index contributed by atoms with van der Waals surface area (Å²) in [5, 5.41) is 0.786. The third-order valence-corrected chi connectivity index (χ3v) is 3.58. The van der Waals surface area contributed by atoms with Crippen molar-refractivity contribution in [2.45, 2.75) is 18.2 Å². The molecule has 1 unspecified atom stereocenters. The highest BCUT2D eigenvalue weighted by Crippen LogP contribution is 2.29. The zero-order valence-electron chi connectivity index (χ0n) is 8.63. The molecule has 1 atom stereocenters. The standard InChI is InChI=1S/C12H15Cl2N/c13-11-6-2-1-5-10(11)12(14)9-15-7-3-4-8-15/h1-2,5-6,12H,3-4,7-9H2. The Labute approximate surface area is 101 Å². The third kappa shape index (κ3) is 2.87. The predicted octanol–water partition coefficient (Wildman–Crippen LogP) is 3.72. The van der Waals surface area contributed by atoms with Gasteiger partial charge in [-0.3, -0.25) is 0 Å². The molecule has 1 aliphatic heterocycles. The lowest BCUT2D eigenvalue weighted by Crippen LogP contribution is -2.23. The number of likely N-dealkylation sites (tertiary alicyclic amines) is 1. The van der Waals surface area contributed by atoms with Gasteiger partial charge in [0.15, 0.2) is 0 Å². The fourth-order valence-electron chi connectivity index (χ4n) is 2.02. The van der Waals surface area contributed by atoms with Crippen LogP contribution in [0.3, 0.4) is 0 Å². The maximum absolute atomic E-state index is 6.37. The molecule has 1 nitrogen and oxygen atoms in total. The molecule has 0 aliphatic carbocycles. The Balaban J connectivity index is 2.00. The second-order valence-corrected chi connectivity index (χ2v) is 4.93. The number of benzene rings is 1. The van der Waals surface area contributed by atoms with Crippen molar-refractivity contribution in [1.82, 2.24) is 4.90 Å². The van der Waals surface area contributed by atoms with E-state index in [1.807, 2.05) is 24.3 Å². The highest BCUT2D eigenvalue weighted by atomic mass is 35.5. The fraction of sp³-hybridized carbons (Fsp3) is 0.500. The van der Waals surface area contributed by atoms with Gasteiger partial charge in [-0.25, -0.2) is 0 Å². The van der Waals surface area contributed by atoms with Gasteiger partial charge >= 0.3 is 0 Å². The molecule has 0 amide bonds. The van der Waals surface area contributed by atoms with Crippen molar-refractivity contribution in [2.75, 3.05) is 19.6 Å². The molecule has 15 heavy (non-hydrogen) atoms. The predicted molar refractivity (Wildman–Crippen MR) is 65.7 cm³/mol. The number of halogens is 2. The van der Waals surface area contributed by atoms with Crippen LogP contribution in [0, 0.1) is 0 Å². The van der Waals surface area contributed by atoms with Gasteiger partial charge < -0.3 is 4.90 Å². The van der Waals surface area contributed by atoms with Crippen molar-refractivity contribution in [3.63, 3.8) is 0 Å². The molecule has 0 spiro atoms. The third-order valence-electron chi connectivity index (χ3n) is 2.86. The van der Waals surface area contributed by atoms with E-state index in [0.717, 1.165) is 17.1 Å². The van der Waals surface area contributed by atoms with Crippen LogP contribution in [-0.2, 0) is 0 Å². The van der Waals surface area contributed by atoms with Gasteiger partial charge in [0.1, 0.15) is 0 Å². The minimum atomic E-state index is 0.0109. The molecule has 3 heteroatoms. The molecule has 1 fully saturated rings. The van der Waals surface area contributed by atoms with Gasteiger partial charge in [0, 0.05) is 11.6 Å². The Hall–Kier alpha value is -0.240. The molecule has 1 aliphatic rings. The van der Waals surface area contributed by atoms with E-state index in [4.69, 9.17) is 23.2 Å². The van der Waals surface area contributed by atoms with Crippen molar-refractivity contribution in [3.05, 3.63) is 34.9 Å². The maximum atomic E-state index is 6.37. The molecule has 0 aromatic heterocycles. The van der Waals surface area contributed by atoms with Crippen molar-refractivity contribution in [1.29, 1.82) is 0 Å². The smallest absolute Gasteiger partial charge is 0.0726 e. The number of nitrogens with zero attached hydrogens (tertiary/aromatic N) is 1. The van der Waals surface area contributed by atoms with E-state index in [1.165, 1.54) is 25.9 Å². The van der Waals surface area contributed by atoms with E-state index in [9.17, 15) is 0 Å². The van der Waals surface area contributed by atoms with E-state index in [-0.39, 0.29) is 5.38 Å². The molecular weight excluding hydrogens is 229 g/mol. The van der Waals surface area contributed by atoms with Crippen LogP contribution >= 0.6 is 23.2 Å². The minimum absolute atomic E-state index is 0.0109. The van der Waals surface area contributed by atoms with Gasteiger partial charge in [0.2, 0.25) is 0 Å². The molecule has 0 bridgehead atoms. The van der Waals surface area contributed by atoms with Crippen LogP contribution in [0.15, 0.2) is 24.3 Å². The molecule has 0 N–H and O–H groups in total. The molecule has 1 saturated heterocycles. The van der Waals surface area contributed by atoms with Gasteiger partial charge in [-0.15, -0.1) is 11.6 Å². The van der Waals surface area contributed by atoms with Crippen LogP contribution in [0.25, 0.3) is 0 Å². The SMILES string of the molecule is Clc1ccccc1C(Cl)CN1CCCC1.